The molecule has 19 heavy (non-hydrogen) atoms. The van der Waals surface area contributed by atoms with Crippen LogP contribution in [0.1, 0.15) is 5.56 Å². The Kier molecular flexibility index (Phi) is 3.97. The normalized spacial score (nSPS) is 24.1. The van der Waals surface area contributed by atoms with E-state index in [0.717, 1.165) is 11.0 Å². The molecule has 7 heteroatoms. The Balaban J connectivity index is 2.41. The van der Waals surface area contributed by atoms with E-state index in [4.69, 9.17) is 23.2 Å². The van der Waals surface area contributed by atoms with E-state index in [1.165, 1.54) is 18.2 Å². The van der Waals surface area contributed by atoms with Crippen molar-refractivity contribution in [3.63, 3.8) is 0 Å². The molecule has 1 heterocycles. The minimum Gasteiger partial charge on any atom is -0.310 e. The van der Waals surface area contributed by atoms with Gasteiger partial charge in [-0.1, -0.05) is 12.1 Å². The van der Waals surface area contributed by atoms with Gasteiger partial charge < -0.3 is 4.90 Å². The number of hydrogen-bond acceptors (Lipinski definition) is 1. The molecule has 1 aliphatic rings. The van der Waals surface area contributed by atoms with Gasteiger partial charge in [0.05, 0.1) is 11.3 Å². The van der Waals surface area contributed by atoms with Crippen molar-refractivity contribution in [2.45, 2.75) is 11.6 Å². The molecule has 0 aromatic heterocycles. The summed E-state index contributed by atoms with van der Waals surface area (Å²) in [5.41, 5.74) is -1.01. The number of halogens is 5. The highest BCUT2D eigenvalue weighted by molar-refractivity contribution is 6.35. The summed E-state index contributed by atoms with van der Waals surface area (Å²) in [5, 5.41) is -0.876. The molecule has 1 aromatic carbocycles. The van der Waals surface area contributed by atoms with Crippen LogP contribution in [0.3, 0.4) is 0 Å². The Bertz CT molecular complexity index is 492. The van der Waals surface area contributed by atoms with Crippen molar-refractivity contribution >= 4 is 34.8 Å². The van der Waals surface area contributed by atoms with Crippen molar-refractivity contribution in [2.75, 3.05) is 17.3 Å². The van der Waals surface area contributed by atoms with E-state index in [1.807, 2.05) is 0 Å². The van der Waals surface area contributed by atoms with Gasteiger partial charge in [0.25, 0.3) is 0 Å². The first-order valence-corrected chi connectivity index (χ1v) is 6.51. The number of rotatable bonds is 2. The van der Waals surface area contributed by atoms with E-state index >= 15 is 0 Å². The highest BCUT2D eigenvalue weighted by Gasteiger charge is 2.43. The number of anilines is 1. The molecule has 0 aliphatic carbocycles. The Morgan fingerprint density at radius 3 is 2.47 bits per heavy atom. The molecule has 0 saturated carbocycles. The number of carbonyl (C=O) groups excluding carboxylic acids is 1. The predicted molar refractivity (Wildman–Crippen MR) is 67.6 cm³/mol. The van der Waals surface area contributed by atoms with Gasteiger partial charge in [-0.3, -0.25) is 4.79 Å². The Morgan fingerprint density at radius 1 is 1.32 bits per heavy atom. The zero-order chi connectivity index (χ0) is 14.2. The summed E-state index contributed by atoms with van der Waals surface area (Å²) in [6, 6.07) is 4.94. The van der Waals surface area contributed by atoms with Crippen molar-refractivity contribution in [3.8, 4) is 0 Å². The van der Waals surface area contributed by atoms with Gasteiger partial charge in [-0.25, -0.2) is 0 Å². The molecular formula is C12H10Cl2F3NO. The number of para-hydroxylation sites is 1. The van der Waals surface area contributed by atoms with Crippen LogP contribution in [0.5, 0.6) is 0 Å². The minimum atomic E-state index is -4.52. The molecule has 1 amide bonds. The molecule has 0 N–H and O–H groups in total. The molecule has 2 atom stereocenters. The lowest BCUT2D eigenvalue weighted by molar-refractivity contribution is -0.137. The summed E-state index contributed by atoms with van der Waals surface area (Å²) in [6.45, 7) is 0.101. The van der Waals surface area contributed by atoms with Crippen LogP contribution in [0.15, 0.2) is 24.3 Å². The van der Waals surface area contributed by atoms with Crippen molar-refractivity contribution < 1.29 is 18.0 Å². The first kappa shape index (κ1) is 14.5. The lowest BCUT2D eigenvalue weighted by Gasteiger charge is -2.21. The smallest absolute Gasteiger partial charge is 0.310 e. The quantitative estimate of drug-likeness (QED) is 0.765. The third-order valence-electron chi connectivity index (χ3n) is 3.03. The fourth-order valence-electron chi connectivity index (χ4n) is 2.06. The predicted octanol–water partition coefficient (Wildman–Crippen LogP) is 3.51. The van der Waals surface area contributed by atoms with Gasteiger partial charge in [-0.05, 0) is 12.1 Å². The third-order valence-corrected chi connectivity index (χ3v) is 3.97. The zero-order valence-electron chi connectivity index (χ0n) is 9.62. The first-order chi connectivity index (χ1) is 8.86. The molecule has 0 bridgehead atoms. The summed E-state index contributed by atoms with van der Waals surface area (Å²) >= 11 is 11.5. The second-order valence-electron chi connectivity index (χ2n) is 4.28. The second kappa shape index (κ2) is 5.21. The molecule has 2 unspecified atom stereocenters. The highest BCUT2D eigenvalue weighted by Crippen LogP contribution is 2.39. The molecule has 1 saturated heterocycles. The lowest BCUT2D eigenvalue weighted by Crippen LogP contribution is -2.29. The van der Waals surface area contributed by atoms with Gasteiger partial charge in [-0.15, -0.1) is 23.2 Å². The van der Waals surface area contributed by atoms with Crippen LogP contribution >= 0.6 is 23.2 Å². The van der Waals surface area contributed by atoms with E-state index in [2.05, 4.69) is 0 Å². The summed E-state index contributed by atoms with van der Waals surface area (Å²) in [7, 11) is 0. The fraction of sp³-hybridized carbons (Fsp3) is 0.417. The zero-order valence-corrected chi connectivity index (χ0v) is 11.1. The summed E-state index contributed by atoms with van der Waals surface area (Å²) in [4.78, 5) is 13.0. The Hall–Kier alpha value is -0.940. The number of alkyl halides is 5. The second-order valence-corrected chi connectivity index (χ2v) is 5.06. The molecule has 104 valence electrons. The maximum Gasteiger partial charge on any atom is 0.418 e. The van der Waals surface area contributed by atoms with Crippen molar-refractivity contribution in [1.82, 2.24) is 0 Å². The van der Waals surface area contributed by atoms with Crippen LogP contribution in [-0.2, 0) is 11.0 Å². The summed E-state index contributed by atoms with van der Waals surface area (Å²) in [5.74, 6) is -0.758. The van der Waals surface area contributed by atoms with Crippen LogP contribution in [-0.4, -0.2) is 23.7 Å². The van der Waals surface area contributed by atoms with Crippen molar-refractivity contribution in [3.05, 3.63) is 29.8 Å². The molecule has 1 aromatic rings. The topological polar surface area (TPSA) is 20.3 Å². The average molecular weight is 312 g/mol. The Labute approximate surface area is 118 Å². The van der Waals surface area contributed by atoms with Crippen LogP contribution in [0.25, 0.3) is 0 Å². The summed E-state index contributed by atoms with van der Waals surface area (Å²) in [6.07, 6.45) is -4.52. The van der Waals surface area contributed by atoms with Gasteiger partial charge in [-0.2, -0.15) is 13.2 Å². The van der Waals surface area contributed by atoms with Gasteiger partial charge in [0.15, 0.2) is 0 Å². The molecule has 2 nitrogen and oxygen atoms in total. The van der Waals surface area contributed by atoms with Crippen LogP contribution < -0.4 is 4.90 Å². The van der Waals surface area contributed by atoms with Gasteiger partial charge in [0, 0.05) is 18.3 Å². The highest BCUT2D eigenvalue weighted by atomic mass is 35.5. The SMILES string of the molecule is O=C1C(Cl)C(CCl)CN1c1ccccc1C(F)(F)F. The summed E-state index contributed by atoms with van der Waals surface area (Å²) < 4.78 is 38.7. The van der Waals surface area contributed by atoms with Crippen LogP contribution in [0.2, 0.25) is 0 Å². The Morgan fingerprint density at radius 2 is 1.95 bits per heavy atom. The molecule has 0 spiro atoms. The van der Waals surface area contributed by atoms with Crippen molar-refractivity contribution in [2.24, 2.45) is 5.92 Å². The third kappa shape index (κ3) is 2.67. The van der Waals surface area contributed by atoms with E-state index in [9.17, 15) is 18.0 Å². The molecular weight excluding hydrogens is 302 g/mol. The number of benzene rings is 1. The molecule has 0 radical (unpaired) electrons. The lowest BCUT2D eigenvalue weighted by atomic mass is 10.1. The number of amides is 1. The van der Waals surface area contributed by atoms with Crippen molar-refractivity contribution in [1.29, 1.82) is 0 Å². The van der Waals surface area contributed by atoms with Crippen LogP contribution in [0, 0.1) is 5.92 Å². The molecule has 2 rings (SSSR count). The number of carbonyl (C=O) groups is 1. The minimum absolute atomic E-state index is 0.101. The monoisotopic (exact) mass is 311 g/mol. The van der Waals surface area contributed by atoms with E-state index in [0.29, 0.717) is 0 Å². The number of hydrogen-bond donors (Lipinski definition) is 0. The van der Waals surface area contributed by atoms with Crippen LogP contribution in [0.4, 0.5) is 18.9 Å². The fourth-order valence-corrected chi connectivity index (χ4v) is 2.71. The van der Waals surface area contributed by atoms with E-state index in [-0.39, 0.29) is 24.0 Å². The van der Waals surface area contributed by atoms with Gasteiger partial charge in [0.2, 0.25) is 5.91 Å². The average Bonchev–Trinajstić information content (AvgIpc) is 2.65. The standard InChI is InChI=1S/C12H10Cl2F3NO/c13-5-7-6-18(11(19)10(7)14)9-4-2-1-3-8(9)12(15,16)17/h1-4,7,10H,5-6H2. The number of nitrogens with zero attached hydrogens (tertiary/aromatic N) is 1. The van der Waals surface area contributed by atoms with E-state index in [1.54, 1.807) is 0 Å². The van der Waals surface area contributed by atoms with Gasteiger partial charge >= 0.3 is 6.18 Å². The van der Waals surface area contributed by atoms with Gasteiger partial charge in [0.1, 0.15) is 5.38 Å². The molecule has 1 fully saturated rings. The molecule has 1 aliphatic heterocycles. The largest absolute Gasteiger partial charge is 0.418 e. The maximum absolute atomic E-state index is 12.9. The first-order valence-electron chi connectivity index (χ1n) is 5.54. The maximum atomic E-state index is 12.9. The van der Waals surface area contributed by atoms with E-state index < -0.39 is 23.0 Å².